The maximum absolute atomic E-state index is 10.6. The van der Waals surface area contributed by atoms with E-state index in [0.717, 1.165) is 10.9 Å². The standard InChI is InChI=1S/C10H10N2O3S/c11-16(13,14)15-7-8-3-4-9-2-1-5-12-10(9)6-8/h1-6H,7H2,(H2,11,13,14). The lowest BCUT2D eigenvalue weighted by molar-refractivity contribution is 0.309. The van der Waals surface area contributed by atoms with Crippen molar-refractivity contribution in [1.82, 2.24) is 4.98 Å². The van der Waals surface area contributed by atoms with Gasteiger partial charge in [0.2, 0.25) is 0 Å². The quantitative estimate of drug-likeness (QED) is 0.863. The molecule has 2 N–H and O–H groups in total. The molecule has 0 aliphatic carbocycles. The number of nitrogens with two attached hydrogens (primary N) is 1. The van der Waals surface area contributed by atoms with Crippen LogP contribution in [0.1, 0.15) is 5.56 Å². The summed E-state index contributed by atoms with van der Waals surface area (Å²) in [6.45, 7) is -0.0780. The minimum absolute atomic E-state index is 0.0780. The fourth-order valence-electron chi connectivity index (χ4n) is 1.35. The number of aromatic nitrogens is 1. The first-order chi connectivity index (χ1) is 7.54. The molecule has 16 heavy (non-hydrogen) atoms. The van der Waals surface area contributed by atoms with Crippen LogP contribution in [0.2, 0.25) is 0 Å². The highest BCUT2D eigenvalue weighted by Gasteiger charge is 2.03. The van der Waals surface area contributed by atoms with Gasteiger partial charge in [-0.1, -0.05) is 18.2 Å². The first-order valence-electron chi connectivity index (χ1n) is 4.55. The number of benzene rings is 1. The predicted molar refractivity (Wildman–Crippen MR) is 59.6 cm³/mol. The van der Waals surface area contributed by atoms with Gasteiger partial charge < -0.3 is 0 Å². The second-order valence-corrected chi connectivity index (χ2v) is 4.51. The predicted octanol–water partition coefficient (Wildman–Crippen LogP) is 0.955. The van der Waals surface area contributed by atoms with E-state index in [-0.39, 0.29) is 6.61 Å². The van der Waals surface area contributed by atoms with Gasteiger partial charge in [0.05, 0.1) is 12.1 Å². The molecule has 0 aliphatic rings. The first-order valence-corrected chi connectivity index (χ1v) is 6.02. The van der Waals surface area contributed by atoms with E-state index in [2.05, 4.69) is 9.17 Å². The van der Waals surface area contributed by atoms with E-state index in [0.29, 0.717) is 5.56 Å². The molecule has 0 atom stereocenters. The molecule has 0 saturated heterocycles. The molecule has 2 rings (SSSR count). The average molecular weight is 238 g/mol. The first kappa shape index (κ1) is 11.0. The third-order valence-electron chi connectivity index (χ3n) is 2.06. The Kier molecular flexibility index (Phi) is 2.86. The minimum atomic E-state index is -3.90. The molecule has 0 bridgehead atoms. The number of hydrogen-bond donors (Lipinski definition) is 1. The Morgan fingerprint density at radius 2 is 2.12 bits per heavy atom. The molecular formula is C10H10N2O3S. The lowest BCUT2D eigenvalue weighted by atomic mass is 10.1. The minimum Gasteiger partial charge on any atom is -0.256 e. The molecule has 0 amide bonds. The van der Waals surface area contributed by atoms with E-state index in [9.17, 15) is 8.42 Å². The van der Waals surface area contributed by atoms with Gasteiger partial charge in [-0.25, -0.2) is 5.14 Å². The van der Waals surface area contributed by atoms with E-state index in [1.54, 1.807) is 18.3 Å². The molecule has 1 aromatic heterocycles. The SMILES string of the molecule is NS(=O)(=O)OCc1ccc2cccnc2c1. The summed E-state index contributed by atoms with van der Waals surface area (Å²) in [5.74, 6) is 0. The summed E-state index contributed by atoms with van der Waals surface area (Å²) in [6.07, 6.45) is 1.67. The molecular weight excluding hydrogens is 228 g/mol. The maximum atomic E-state index is 10.6. The van der Waals surface area contributed by atoms with Crippen LogP contribution in [0, 0.1) is 0 Å². The highest BCUT2D eigenvalue weighted by atomic mass is 32.2. The molecule has 84 valence electrons. The summed E-state index contributed by atoms with van der Waals surface area (Å²) in [5.41, 5.74) is 1.50. The molecule has 0 aliphatic heterocycles. The molecule has 1 aromatic carbocycles. The van der Waals surface area contributed by atoms with Crippen molar-refractivity contribution in [3.8, 4) is 0 Å². The Bertz CT molecular complexity index is 610. The number of rotatable bonds is 3. The summed E-state index contributed by atoms with van der Waals surface area (Å²) in [7, 11) is -3.90. The zero-order valence-electron chi connectivity index (χ0n) is 8.33. The number of nitrogens with zero attached hydrogens (tertiary/aromatic N) is 1. The van der Waals surface area contributed by atoms with E-state index in [4.69, 9.17) is 5.14 Å². The monoisotopic (exact) mass is 238 g/mol. The van der Waals surface area contributed by atoms with E-state index in [1.807, 2.05) is 18.2 Å². The van der Waals surface area contributed by atoms with Gasteiger partial charge >= 0.3 is 10.3 Å². The van der Waals surface area contributed by atoms with E-state index >= 15 is 0 Å². The zero-order chi connectivity index (χ0) is 11.6. The van der Waals surface area contributed by atoms with E-state index in [1.165, 1.54) is 0 Å². The van der Waals surface area contributed by atoms with Crippen molar-refractivity contribution in [3.63, 3.8) is 0 Å². The summed E-state index contributed by atoms with van der Waals surface area (Å²) >= 11 is 0. The summed E-state index contributed by atoms with van der Waals surface area (Å²) in [6, 6.07) is 9.15. The normalized spacial score (nSPS) is 11.8. The Hall–Kier alpha value is -1.50. The Morgan fingerprint density at radius 1 is 1.31 bits per heavy atom. The second-order valence-electron chi connectivity index (χ2n) is 3.29. The third-order valence-corrected chi connectivity index (χ3v) is 2.51. The lowest BCUT2D eigenvalue weighted by Gasteiger charge is -2.02. The summed E-state index contributed by atoms with van der Waals surface area (Å²) < 4.78 is 25.7. The van der Waals surface area contributed by atoms with Crippen LogP contribution in [-0.2, 0) is 21.1 Å². The van der Waals surface area contributed by atoms with Crippen LogP contribution < -0.4 is 5.14 Å². The lowest BCUT2D eigenvalue weighted by Crippen LogP contribution is -2.15. The van der Waals surface area contributed by atoms with Gasteiger partial charge in [-0.2, -0.15) is 8.42 Å². The molecule has 0 radical (unpaired) electrons. The molecule has 0 unspecified atom stereocenters. The topological polar surface area (TPSA) is 82.3 Å². The maximum Gasteiger partial charge on any atom is 0.333 e. The number of hydrogen-bond acceptors (Lipinski definition) is 4. The van der Waals surface area contributed by atoms with Crippen LogP contribution in [0.3, 0.4) is 0 Å². The van der Waals surface area contributed by atoms with Crippen LogP contribution in [0.5, 0.6) is 0 Å². The highest BCUT2D eigenvalue weighted by Crippen LogP contribution is 2.14. The second kappa shape index (κ2) is 4.17. The third kappa shape index (κ3) is 2.75. The Morgan fingerprint density at radius 3 is 2.88 bits per heavy atom. The van der Waals surface area contributed by atoms with Crippen molar-refractivity contribution in [2.24, 2.45) is 5.14 Å². The van der Waals surface area contributed by atoms with Gasteiger partial charge in [0.1, 0.15) is 0 Å². The van der Waals surface area contributed by atoms with Crippen molar-refractivity contribution in [3.05, 3.63) is 42.1 Å². The number of pyridine rings is 1. The molecule has 1 heterocycles. The van der Waals surface area contributed by atoms with Gasteiger partial charge in [0, 0.05) is 11.6 Å². The van der Waals surface area contributed by atoms with Crippen molar-refractivity contribution in [2.75, 3.05) is 0 Å². The Labute approximate surface area is 93.1 Å². The van der Waals surface area contributed by atoms with Gasteiger partial charge in [-0.05, 0) is 17.7 Å². The van der Waals surface area contributed by atoms with Crippen LogP contribution >= 0.6 is 0 Å². The van der Waals surface area contributed by atoms with Crippen LogP contribution in [0.25, 0.3) is 10.9 Å². The van der Waals surface area contributed by atoms with Gasteiger partial charge in [-0.3, -0.25) is 9.17 Å². The summed E-state index contributed by atoms with van der Waals surface area (Å²) in [4.78, 5) is 4.15. The van der Waals surface area contributed by atoms with Gasteiger partial charge in [-0.15, -0.1) is 0 Å². The van der Waals surface area contributed by atoms with Gasteiger partial charge in [0.25, 0.3) is 0 Å². The van der Waals surface area contributed by atoms with Gasteiger partial charge in [0.15, 0.2) is 0 Å². The number of fused-ring (bicyclic) bond motifs is 1. The van der Waals surface area contributed by atoms with Crippen LogP contribution in [0.15, 0.2) is 36.5 Å². The van der Waals surface area contributed by atoms with Crippen molar-refractivity contribution >= 4 is 21.2 Å². The largest absolute Gasteiger partial charge is 0.333 e. The van der Waals surface area contributed by atoms with Crippen LogP contribution in [0.4, 0.5) is 0 Å². The van der Waals surface area contributed by atoms with Crippen molar-refractivity contribution in [2.45, 2.75) is 6.61 Å². The smallest absolute Gasteiger partial charge is 0.256 e. The zero-order valence-corrected chi connectivity index (χ0v) is 9.15. The molecule has 0 spiro atoms. The van der Waals surface area contributed by atoms with Crippen LogP contribution in [-0.4, -0.2) is 13.4 Å². The Balaban J connectivity index is 2.26. The molecule has 0 fully saturated rings. The summed E-state index contributed by atoms with van der Waals surface area (Å²) in [5, 5.41) is 5.72. The average Bonchev–Trinajstić information content (AvgIpc) is 2.25. The molecule has 5 nitrogen and oxygen atoms in total. The fraction of sp³-hybridized carbons (Fsp3) is 0.100. The highest BCUT2D eigenvalue weighted by molar-refractivity contribution is 7.84. The molecule has 0 saturated carbocycles. The van der Waals surface area contributed by atoms with E-state index < -0.39 is 10.3 Å². The molecule has 6 heteroatoms. The van der Waals surface area contributed by atoms with Crippen molar-refractivity contribution in [1.29, 1.82) is 0 Å². The van der Waals surface area contributed by atoms with Crippen molar-refractivity contribution < 1.29 is 12.6 Å². The molecule has 2 aromatic rings. The fourth-order valence-corrected chi connectivity index (χ4v) is 1.65.